The van der Waals surface area contributed by atoms with E-state index in [1.807, 2.05) is 20.8 Å². The van der Waals surface area contributed by atoms with Gasteiger partial charge in [0.15, 0.2) is 11.5 Å². The Bertz CT molecular complexity index is 374. The molecule has 0 fully saturated rings. The number of hydrogen-bond donors (Lipinski definition) is 0. The molecule has 1 aromatic heterocycles. The molecule has 0 N–H and O–H groups in total. The summed E-state index contributed by atoms with van der Waals surface area (Å²) in [5, 5.41) is 8.56. The van der Waals surface area contributed by atoms with Crippen molar-refractivity contribution in [1.82, 2.24) is 9.97 Å². The van der Waals surface area contributed by atoms with E-state index in [1.165, 1.54) is 6.33 Å². The second-order valence-electron chi connectivity index (χ2n) is 4.33. The van der Waals surface area contributed by atoms with E-state index in [0.29, 0.717) is 12.1 Å². The Kier molecular flexibility index (Phi) is 2.80. The molecule has 14 heavy (non-hydrogen) atoms. The lowest BCUT2D eigenvalue weighted by Crippen LogP contribution is -2.13. The maximum atomic E-state index is 13.5. The molecule has 0 aromatic carbocycles. The third-order valence-electron chi connectivity index (χ3n) is 1.67. The van der Waals surface area contributed by atoms with Crippen LogP contribution >= 0.6 is 0 Å². The molecule has 1 aromatic rings. The van der Waals surface area contributed by atoms with Gasteiger partial charge >= 0.3 is 0 Å². The molecule has 4 heteroatoms. The fourth-order valence-corrected chi connectivity index (χ4v) is 1.11. The molecular weight excluding hydrogens is 181 g/mol. The highest BCUT2D eigenvalue weighted by Crippen LogP contribution is 2.21. The first-order valence-corrected chi connectivity index (χ1v) is 4.33. The van der Waals surface area contributed by atoms with Gasteiger partial charge in [-0.05, 0) is 11.8 Å². The molecule has 0 atom stereocenters. The Labute approximate surface area is 82.6 Å². The molecular formula is C10H12FN3. The van der Waals surface area contributed by atoms with Gasteiger partial charge in [0, 0.05) is 0 Å². The van der Waals surface area contributed by atoms with Gasteiger partial charge in [-0.3, -0.25) is 0 Å². The smallest absolute Gasteiger partial charge is 0.181 e. The summed E-state index contributed by atoms with van der Waals surface area (Å²) in [6.45, 7) is 5.96. The van der Waals surface area contributed by atoms with Crippen LogP contribution in [-0.4, -0.2) is 9.97 Å². The zero-order chi connectivity index (χ0) is 10.8. The molecule has 0 aliphatic carbocycles. The van der Waals surface area contributed by atoms with Crippen LogP contribution in [0.4, 0.5) is 4.39 Å². The first-order valence-electron chi connectivity index (χ1n) is 4.33. The van der Waals surface area contributed by atoms with Crippen molar-refractivity contribution >= 4 is 0 Å². The summed E-state index contributed by atoms with van der Waals surface area (Å²) in [4.78, 5) is 7.38. The number of aromatic nitrogens is 2. The van der Waals surface area contributed by atoms with Crippen LogP contribution in [0.3, 0.4) is 0 Å². The van der Waals surface area contributed by atoms with Gasteiger partial charge in [-0.1, -0.05) is 20.8 Å². The van der Waals surface area contributed by atoms with E-state index in [2.05, 4.69) is 9.97 Å². The minimum atomic E-state index is -0.593. The summed E-state index contributed by atoms with van der Waals surface area (Å²) in [7, 11) is 0. The van der Waals surface area contributed by atoms with Crippen LogP contribution < -0.4 is 0 Å². The van der Waals surface area contributed by atoms with E-state index in [4.69, 9.17) is 5.26 Å². The quantitative estimate of drug-likeness (QED) is 0.686. The highest BCUT2D eigenvalue weighted by atomic mass is 19.1. The maximum Gasteiger partial charge on any atom is 0.181 e. The van der Waals surface area contributed by atoms with Gasteiger partial charge in [0.25, 0.3) is 0 Å². The average Bonchev–Trinajstić information content (AvgIpc) is 2.06. The average molecular weight is 193 g/mol. The third-order valence-corrected chi connectivity index (χ3v) is 1.67. The molecule has 0 radical (unpaired) electrons. The maximum absolute atomic E-state index is 13.5. The molecule has 0 saturated heterocycles. The van der Waals surface area contributed by atoms with Crippen molar-refractivity contribution in [3.05, 3.63) is 23.5 Å². The topological polar surface area (TPSA) is 49.6 Å². The van der Waals surface area contributed by atoms with Crippen molar-refractivity contribution in [2.24, 2.45) is 5.41 Å². The summed E-state index contributed by atoms with van der Waals surface area (Å²) in [6, 6.07) is 1.70. The van der Waals surface area contributed by atoms with Gasteiger partial charge in [-0.15, -0.1) is 0 Å². The van der Waals surface area contributed by atoms with Crippen LogP contribution in [0.2, 0.25) is 0 Å². The van der Waals surface area contributed by atoms with Crippen molar-refractivity contribution in [2.75, 3.05) is 0 Å². The largest absolute Gasteiger partial charge is 0.238 e. The zero-order valence-electron chi connectivity index (χ0n) is 8.50. The molecule has 0 aliphatic heterocycles. The number of nitrogens with zero attached hydrogens (tertiary/aromatic N) is 3. The third kappa shape index (κ3) is 2.49. The van der Waals surface area contributed by atoms with Crippen molar-refractivity contribution in [2.45, 2.75) is 27.2 Å². The molecule has 0 aliphatic rings. The molecule has 0 amide bonds. The number of halogens is 1. The molecule has 0 unspecified atom stereocenters. The standard InChI is InChI=1S/C10H12FN3/c1-10(2,3)4-7-9(11)8(5-12)14-6-13-7/h6H,4H2,1-3H3. The van der Waals surface area contributed by atoms with Crippen molar-refractivity contribution in [3.8, 4) is 6.07 Å². The van der Waals surface area contributed by atoms with E-state index < -0.39 is 5.82 Å². The normalized spacial score (nSPS) is 11.1. The SMILES string of the molecule is CC(C)(C)Cc1ncnc(C#N)c1F. The minimum Gasteiger partial charge on any atom is -0.238 e. The van der Waals surface area contributed by atoms with E-state index in [0.717, 1.165) is 0 Å². The Morgan fingerprint density at radius 3 is 2.57 bits per heavy atom. The summed E-state index contributed by atoms with van der Waals surface area (Å²) in [5.74, 6) is -0.593. The fraction of sp³-hybridized carbons (Fsp3) is 0.500. The summed E-state index contributed by atoms with van der Waals surface area (Å²) in [5.41, 5.74) is 0.0744. The first-order chi connectivity index (χ1) is 6.44. The lowest BCUT2D eigenvalue weighted by molar-refractivity contribution is 0.394. The number of nitriles is 1. The Hall–Kier alpha value is -1.50. The lowest BCUT2D eigenvalue weighted by Gasteiger charge is -2.17. The first kappa shape index (κ1) is 10.6. The fourth-order valence-electron chi connectivity index (χ4n) is 1.11. The van der Waals surface area contributed by atoms with E-state index in [9.17, 15) is 4.39 Å². The van der Waals surface area contributed by atoms with Crippen LogP contribution in [-0.2, 0) is 6.42 Å². The van der Waals surface area contributed by atoms with E-state index in [1.54, 1.807) is 6.07 Å². The predicted octanol–water partition coefficient (Wildman–Crippen LogP) is 2.08. The van der Waals surface area contributed by atoms with Crippen molar-refractivity contribution in [3.63, 3.8) is 0 Å². The molecule has 0 saturated carbocycles. The second-order valence-corrected chi connectivity index (χ2v) is 4.33. The minimum absolute atomic E-state index is 0.0537. The zero-order valence-corrected chi connectivity index (χ0v) is 8.50. The Morgan fingerprint density at radius 2 is 2.07 bits per heavy atom. The molecule has 1 rings (SSSR count). The number of rotatable bonds is 1. The molecule has 3 nitrogen and oxygen atoms in total. The van der Waals surface area contributed by atoms with Gasteiger partial charge < -0.3 is 0 Å². The lowest BCUT2D eigenvalue weighted by atomic mass is 9.90. The predicted molar refractivity (Wildman–Crippen MR) is 49.9 cm³/mol. The van der Waals surface area contributed by atoms with Gasteiger partial charge in [-0.25, -0.2) is 14.4 Å². The summed E-state index contributed by atoms with van der Waals surface area (Å²) in [6.07, 6.45) is 1.72. The monoisotopic (exact) mass is 193 g/mol. The van der Waals surface area contributed by atoms with Gasteiger partial charge in [0.2, 0.25) is 0 Å². The van der Waals surface area contributed by atoms with Crippen molar-refractivity contribution in [1.29, 1.82) is 5.26 Å². The van der Waals surface area contributed by atoms with Crippen LogP contribution in [0.1, 0.15) is 32.2 Å². The van der Waals surface area contributed by atoms with Gasteiger partial charge in [-0.2, -0.15) is 5.26 Å². The highest BCUT2D eigenvalue weighted by molar-refractivity contribution is 5.24. The van der Waals surface area contributed by atoms with E-state index >= 15 is 0 Å². The van der Waals surface area contributed by atoms with Crippen molar-refractivity contribution < 1.29 is 4.39 Å². The van der Waals surface area contributed by atoms with Crippen LogP contribution in [0, 0.1) is 22.6 Å². The Morgan fingerprint density at radius 1 is 1.43 bits per heavy atom. The molecule has 74 valence electrons. The van der Waals surface area contributed by atoms with Crippen LogP contribution in [0.25, 0.3) is 0 Å². The summed E-state index contributed by atoms with van der Waals surface area (Å²) >= 11 is 0. The van der Waals surface area contributed by atoms with Crippen LogP contribution in [0.15, 0.2) is 6.33 Å². The highest BCUT2D eigenvalue weighted by Gasteiger charge is 2.17. The van der Waals surface area contributed by atoms with E-state index in [-0.39, 0.29) is 11.1 Å². The Balaban J connectivity index is 3.06. The summed E-state index contributed by atoms with van der Waals surface area (Å²) < 4.78 is 13.5. The second kappa shape index (κ2) is 3.70. The number of hydrogen-bond acceptors (Lipinski definition) is 3. The van der Waals surface area contributed by atoms with Crippen LogP contribution in [0.5, 0.6) is 0 Å². The van der Waals surface area contributed by atoms with Gasteiger partial charge in [0.1, 0.15) is 12.4 Å². The molecule has 1 heterocycles. The molecule has 0 spiro atoms. The molecule has 0 bridgehead atoms. The van der Waals surface area contributed by atoms with Gasteiger partial charge in [0.05, 0.1) is 5.69 Å².